The van der Waals surface area contributed by atoms with Gasteiger partial charge >= 0.3 is 0 Å². The van der Waals surface area contributed by atoms with Crippen LogP contribution >= 0.6 is 11.5 Å². The molecule has 0 N–H and O–H groups in total. The maximum atomic E-state index is 4.05. The normalized spacial score (nSPS) is 10.5. The van der Waals surface area contributed by atoms with Crippen molar-refractivity contribution < 1.29 is 0 Å². The van der Waals surface area contributed by atoms with E-state index >= 15 is 0 Å². The number of rotatable bonds is 2. The molecular formula is C10H7N5S. The van der Waals surface area contributed by atoms with Gasteiger partial charge in [0, 0.05) is 11.1 Å². The van der Waals surface area contributed by atoms with Gasteiger partial charge in [-0.3, -0.25) is 4.57 Å². The Bertz CT molecular complexity index is 572. The Kier molecular flexibility index (Phi) is 2.19. The molecule has 1 aromatic carbocycles. The minimum Gasteiger partial charge on any atom is -0.280 e. The highest BCUT2D eigenvalue weighted by Crippen LogP contribution is 2.18. The molecule has 0 aliphatic carbocycles. The van der Waals surface area contributed by atoms with Gasteiger partial charge in [0.1, 0.15) is 12.0 Å². The molecule has 16 heavy (non-hydrogen) atoms. The third-order valence-corrected chi connectivity index (χ3v) is 2.68. The molecule has 3 aromatic rings. The molecule has 5 nitrogen and oxygen atoms in total. The van der Waals surface area contributed by atoms with Crippen LogP contribution in [-0.4, -0.2) is 24.4 Å². The fourth-order valence-electron chi connectivity index (χ4n) is 1.45. The van der Waals surface area contributed by atoms with Crippen LogP contribution in [0.4, 0.5) is 0 Å². The molecule has 0 fully saturated rings. The monoisotopic (exact) mass is 229 g/mol. The maximum Gasteiger partial charge on any atom is 0.189 e. The van der Waals surface area contributed by atoms with Crippen LogP contribution in [0.3, 0.4) is 0 Å². The summed E-state index contributed by atoms with van der Waals surface area (Å²) >= 11 is 1.30. The molecule has 0 unspecified atom stereocenters. The highest BCUT2D eigenvalue weighted by atomic mass is 32.1. The van der Waals surface area contributed by atoms with E-state index in [2.05, 4.69) is 19.8 Å². The molecule has 2 heterocycles. The first-order valence-corrected chi connectivity index (χ1v) is 5.52. The Morgan fingerprint density at radius 2 is 1.94 bits per heavy atom. The number of benzene rings is 1. The predicted octanol–water partition coefficient (Wildman–Crippen LogP) is 1.79. The van der Waals surface area contributed by atoms with Crippen LogP contribution in [0.25, 0.3) is 17.2 Å². The zero-order chi connectivity index (χ0) is 10.8. The van der Waals surface area contributed by atoms with Crippen LogP contribution in [0.5, 0.6) is 0 Å². The predicted molar refractivity (Wildman–Crippen MR) is 60.3 cm³/mol. The van der Waals surface area contributed by atoms with Gasteiger partial charge in [-0.1, -0.05) is 22.7 Å². The Labute approximate surface area is 95.6 Å². The summed E-state index contributed by atoms with van der Waals surface area (Å²) < 4.78 is 5.71. The first-order chi connectivity index (χ1) is 7.95. The average Bonchev–Trinajstić information content (AvgIpc) is 3.01. The third kappa shape index (κ3) is 1.49. The summed E-state index contributed by atoms with van der Waals surface area (Å²) in [5.41, 5.74) is 1.75. The van der Waals surface area contributed by atoms with Gasteiger partial charge in [0.15, 0.2) is 5.82 Å². The van der Waals surface area contributed by atoms with Crippen molar-refractivity contribution in [3.05, 3.63) is 42.0 Å². The van der Waals surface area contributed by atoms with E-state index in [1.54, 1.807) is 6.33 Å². The average molecular weight is 229 g/mol. The summed E-state index contributed by atoms with van der Waals surface area (Å²) in [6.45, 7) is 0. The van der Waals surface area contributed by atoms with Gasteiger partial charge in [0.05, 0.1) is 0 Å². The minimum atomic E-state index is 0.708. The standard InChI is InChI=1S/C10H7N5S/c1-2-4-8(5-3-1)15-7-11-13-10(15)9-6-16-14-12-9/h1-7H. The van der Waals surface area contributed by atoms with E-state index in [1.807, 2.05) is 40.3 Å². The summed E-state index contributed by atoms with van der Waals surface area (Å²) in [7, 11) is 0. The Balaban J connectivity index is 2.14. The van der Waals surface area contributed by atoms with Gasteiger partial charge < -0.3 is 0 Å². The van der Waals surface area contributed by atoms with Gasteiger partial charge in [-0.15, -0.1) is 15.3 Å². The number of hydrogen-bond donors (Lipinski definition) is 0. The lowest BCUT2D eigenvalue weighted by Crippen LogP contribution is -1.95. The first-order valence-electron chi connectivity index (χ1n) is 4.68. The van der Waals surface area contributed by atoms with Crippen LogP contribution in [0.2, 0.25) is 0 Å². The van der Waals surface area contributed by atoms with Gasteiger partial charge in [-0.2, -0.15) is 0 Å². The summed E-state index contributed by atoms with van der Waals surface area (Å²) in [5.74, 6) is 0.708. The van der Waals surface area contributed by atoms with Crippen molar-refractivity contribution in [1.29, 1.82) is 0 Å². The van der Waals surface area contributed by atoms with Crippen LogP contribution in [-0.2, 0) is 0 Å². The smallest absolute Gasteiger partial charge is 0.189 e. The molecule has 0 aliphatic rings. The van der Waals surface area contributed by atoms with Crippen molar-refractivity contribution in [3.63, 3.8) is 0 Å². The largest absolute Gasteiger partial charge is 0.280 e. The lowest BCUT2D eigenvalue weighted by Gasteiger charge is -2.03. The molecule has 78 valence electrons. The van der Waals surface area contributed by atoms with E-state index in [0.29, 0.717) is 5.82 Å². The summed E-state index contributed by atoms with van der Waals surface area (Å²) in [6.07, 6.45) is 1.67. The highest BCUT2D eigenvalue weighted by molar-refractivity contribution is 7.03. The molecular weight excluding hydrogens is 222 g/mol. The van der Waals surface area contributed by atoms with Crippen molar-refractivity contribution in [3.8, 4) is 17.2 Å². The second-order valence-electron chi connectivity index (χ2n) is 3.15. The Morgan fingerprint density at radius 3 is 2.69 bits per heavy atom. The number of hydrogen-bond acceptors (Lipinski definition) is 5. The second kappa shape index (κ2) is 3.82. The third-order valence-electron chi connectivity index (χ3n) is 2.17. The molecule has 6 heteroatoms. The second-order valence-corrected chi connectivity index (χ2v) is 3.76. The van der Waals surface area contributed by atoms with E-state index < -0.39 is 0 Å². The topological polar surface area (TPSA) is 56.5 Å². The van der Waals surface area contributed by atoms with Crippen molar-refractivity contribution in [2.45, 2.75) is 0 Å². The fourth-order valence-corrected chi connectivity index (χ4v) is 1.88. The molecule has 0 radical (unpaired) electrons. The van der Waals surface area contributed by atoms with Gasteiger partial charge in [0.25, 0.3) is 0 Å². The summed E-state index contributed by atoms with van der Waals surface area (Å²) in [4.78, 5) is 0. The number of aromatic nitrogens is 5. The van der Waals surface area contributed by atoms with Crippen molar-refractivity contribution in [1.82, 2.24) is 24.4 Å². The minimum absolute atomic E-state index is 0.708. The molecule has 0 saturated heterocycles. The summed E-state index contributed by atoms with van der Waals surface area (Å²) in [5, 5.41) is 13.8. The quantitative estimate of drug-likeness (QED) is 0.672. The van der Waals surface area contributed by atoms with Crippen molar-refractivity contribution in [2.75, 3.05) is 0 Å². The lowest BCUT2D eigenvalue weighted by molar-refractivity contribution is 1.04. The van der Waals surface area contributed by atoms with E-state index in [1.165, 1.54) is 11.5 Å². The Morgan fingerprint density at radius 1 is 1.06 bits per heavy atom. The summed E-state index contributed by atoms with van der Waals surface area (Å²) in [6, 6.07) is 9.90. The molecule has 0 spiro atoms. The van der Waals surface area contributed by atoms with Gasteiger partial charge in [-0.05, 0) is 23.7 Å². The molecule has 0 saturated carbocycles. The SMILES string of the molecule is c1ccc(-n2cnnc2-c2csnn2)cc1. The van der Waals surface area contributed by atoms with Crippen LogP contribution in [0, 0.1) is 0 Å². The molecule has 3 rings (SSSR count). The van der Waals surface area contributed by atoms with Crippen molar-refractivity contribution >= 4 is 11.5 Å². The van der Waals surface area contributed by atoms with E-state index in [4.69, 9.17) is 0 Å². The molecule has 0 bridgehead atoms. The van der Waals surface area contributed by atoms with E-state index in [-0.39, 0.29) is 0 Å². The zero-order valence-corrected chi connectivity index (χ0v) is 9.00. The van der Waals surface area contributed by atoms with Crippen LogP contribution < -0.4 is 0 Å². The molecule has 0 atom stereocenters. The van der Waals surface area contributed by atoms with Gasteiger partial charge in [-0.25, -0.2) is 0 Å². The van der Waals surface area contributed by atoms with Crippen molar-refractivity contribution in [2.24, 2.45) is 0 Å². The van der Waals surface area contributed by atoms with Gasteiger partial charge in [0.2, 0.25) is 0 Å². The zero-order valence-electron chi connectivity index (χ0n) is 8.19. The lowest BCUT2D eigenvalue weighted by atomic mass is 10.3. The number of para-hydroxylation sites is 1. The molecule has 0 amide bonds. The fraction of sp³-hybridized carbons (Fsp3) is 0. The molecule has 2 aromatic heterocycles. The van der Waals surface area contributed by atoms with E-state index in [9.17, 15) is 0 Å². The van der Waals surface area contributed by atoms with Crippen LogP contribution in [0.15, 0.2) is 42.0 Å². The molecule has 0 aliphatic heterocycles. The van der Waals surface area contributed by atoms with Crippen LogP contribution in [0.1, 0.15) is 0 Å². The first kappa shape index (κ1) is 9.17. The number of nitrogens with zero attached hydrogens (tertiary/aromatic N) is 5. The highest BCUT2D eigenvalue weighted by Gasteiger charge is 2.10. The van der Waals surface area contributed by atoms with E-state index in [0.717, 1.165) is 11.4 Å². The maximum absolute atomic E-state index is 4.05. The Hall–Kier alpha value is -2.08.